The summed E-state index contributed by atoms with van der Waals surface area (Å²) >= 11 is 1.86. The van der Waals surface area contributed by atoms with E-state index in [0.717, 1.165) is 17.1 Å². The lowest BCUT2D eigenvalue weighted by Crippen LogP contribution is -2.10. The van der Waals surface area contributed by atoms with Crippen LogP contribution in [0.25, 0.3) is 86.2 Å². The Morgan fingerprint density at radius 2 is 0.741 bits per heavy atom. The highest BCUT2D eigenvalue weighted by Crippen LogP contribution is 2.41. The van der Waals surface area contributed by atoms with Crippen molar-refractivity contribution in [3.05, 3.63) is 224 Å². The van der Waals surface area contributed by atoms with Gasteiger partial charge in [0.2, 0.25) is 0 Å². The Morgan fingerprint density at radius 3 is 1.45 bits per heavy atom. The van der Waals surface area contributed by atoms with Crippen molar-refractivity contribution >= 4 is 70.1 Å². The molecule has 0 aliphatic heterocycles. The summed E-state index contributed by atoms with van der Waals surface area (Å²) in [6, 6.07) is 82.0. The molecule has 0 atom stereocenters. The van der Waals surface area contributed by atoms with Crippen molar-refractivity contribution in [2.24, 2.45) is 0 Å². The first-order chi connectivity index (χ1) is 28.7. The van der Waals surface area contributed by atoms with E-state index < -0.39 is 0 Å². The predicted molar refractivity (Wildman–Crippen MR) is 251 cm³/mol. The van der Waals surface area contributed by atoms with E-state index in [1.807, 2.05) is 11.3 Å². The summed E-state index contributed by atoms with van der Waals surface area (Å²) < 4.78 is 2.64. The maximum Gasteiger partial charge on any atom is 0.0467 e. The van der Waals surface area contributed by atoms with Gasteiger partial charge < -0.3 is 4.90 Å². The van der Waals surface area contributed by atoms with E-state index in [1.165, 1.54) is 86.2 Å². The molecule has 0 bridgehead atoms. The van der Waals surface area contributed by atoms with Crippen molar-refractivity contribution in [2.75, 3.05) is 4.90 Å². The molecule has 272 valence electrons. The first-order valence-electron chi connectivity index (χ1n) is 19.8. The second-order valence-corrected chi connectivity index (χ2v) is 16.0. The molecule has 1 aromatic heterocycles. The zero-order chi connectivity index (χ0) is 38.4. The summed E-state index contributed by atoms with van der Waals surface area (Å²) in [5.41, 5.74) is 13.0. The van der Waals surface area contributed by atoms with Gasteiger partial charge in [-0.25, -0.2) is 0 Å². The zero-order valence-corrected chi connectivity index (χ0v) is 32.5. The highest BCUT2D eigenvalue weighted by Gasteiger charge is 2.16. The molecule has 0 radical (unpaired) electrons. The Morgan fingerprint density at radius 1 is 0.259 bits per heavy atom. The minimum absolute atomic E-state index is 1.10. The quantitative estimate of drug-likeness (QED) is 0.157. The molecule has 1 heterocycles. The zero-order valence-electron chi connectivity index (χ0n) is 31.7. The number of hydrogen-bond acceptors (Lipinski definition) is 2. The highest BCUT2D eigenvalue weighted by atomic mass is 32.1. The number of fused-ring (bicyclic) bond motifs is 5. The van der Waals surface area contributed by atoms with Crippen molar-refractivity contribution in [2.45, 2.75) is 0 Å². The summed E-state index contributed by atoms with van der Waals surface area (Å²) in [7, 11) is 0. The van der Waals surface area contributed by atoms with Gasteiger partial charge in [-0.1, -0.05) is 164 Å². The molecule has 10 aromatic carbocycles. The van der Waals surface area contributed by atoms with Gasteiger partial charge in [-0.2, -0.15) is 0 Å². The van der Waals surface area contributed by atoms with Crippen LogP contribution in [0.1, 0.15) is 0 Å². The first-order valence-corrected chi connectivity index (χ1v) is 20.6. The molecule has 2 heteroatoms. The van der Waals surface area contributed by atoms with E-state index in [-0.39, 0.29) is 0 Å². The van der Waals surface area contributed by atoms with Crippen LogP contribution in [0.4, 0.5) is 17.1 Å². The van der Waals surface area contributed by atoms with Crippen LogP contribution in [0.3, 0.4) is 0 Å². The second kappa shape index (κ2) is 14.4. The number of anilines is 3. The molecular formula is C56H37NS. The van der Waals surface area contributed by atoms with Gasteiger partial charge in [-0.3, -0.25) is 0 Å². The van der Waals surface area contributed by atoms with Gasteiger partial charge in [0.05, 0.1) is 0 Å². The fourth-order valence-corrected chi connectivity index (χ4v) is 9.68. The average Bonchev–Trinajstić information content (AvgIpc) is 3.67. The fourth-order valence-electron chi connectivity index (χ4n) is 8.59. The van der Waals surface area contributed by atoms with Gasteiger partial charge in [-0.15, -0.1) is 11.3 Å². The van der Waals surface area contributed by atoms with Gasteiger partial charge >= 0.3 is 0 Å². The highest BCUT2D eigenvalue weighted by molar-refractivity contribution is 7.25. The first kappa shape index (κ1) is 34.0. The third-order valence-corrected chi connectivity index (χ3v) is 12.6. The van der Waals surface area contributed by atoms with E-state index in [4.69, 9.17) is 0 Å². The molecule has 0 spiro atoms. The fraction of sp³-hybridized carbons (Fsp3) is 0. The van der Waals surface area contributed by atoms with Gasteiger partial charge in [0.1, 0.15) is 0 Å². The van der Waals surface area contributed by atoms with Crippen LogP contribution in [0.15, 0.2) is 224 Å². The minimum atomic E-state index is 1.10. The Hall–Kier alpha value is -7.26. The van der Waals surface area contributed by atoms with Gasteiger partial charge in [0.25, 0.3) is 0 Å². The largest absolute Gasteiger partial charge is 0.310 e. The number of benzene rings is 10. The van der Waals surface area contributed by atoms with Crippen LogP contribution in [0.2, 0.25) is 0 Å². The molecule has 0 aliphatic carbocycles. The average molecular weight is 756 g/mol. The van der Waals surface area contributed by atoms with Crippen molar-refractivity contribution in [3.8, 4) is 44.5 Å². The predicted octanol–water partition coefficient (Wildman–Crippen LogP) is 16.5. The molecule has 58 heavy (non-hydrogen) atoms. The molecule has 0 amide bonds. The second-order valence-electron chi connectivity index (χ2n) is 14.9. The summed E-state index contributed by atoms with van der Waals surface area (Å²) in [4.78, 5) is 2.38. The summed E-state index contributed by atoms with van der Waals surface area (Å²) in [5, 5.41) is 7.66. The van der Waals surface area contributed by atoms with E-state index in [1.54, 1.807) is 0 Å². The minimum Gasteiger partial charge on any atom is -0.310 e. The van der Waals surface area contributed by atoms with E-state index >= 15 is 0 Å². The number of nitrogens with zero attached hydrogens (tertiary/aromatic N) is 1. The van der Waals surface area contributed by atoms with Crippen LogP contribution < -0.4 is 4.90 Å². The normalized spacial score (nSPS) is 11.4. The molecule has 0 aliphatic rings. The molecule has 1 nitrogen and oxygen atoms in total. The van der Waals surface area contributed by atoms with Crippen molar-refractivity contribution in [3.63, 3.8) is 0 Å². The number of thiophene rings is 1. The lowest BCUT2D eigenvalue weighted by Gasteiger charge is -2.26. The molecule has 0 N–H and O–H groups in total. The van der Waals surface area contributed by atoms with Crippen LogP contribution in [-0.2, 0) is 0 Å². The topological polar surface area (TPSA) is 3.24 Å². The molecule has 11 aromatic rings. The SMILES string of the molecule is c1cc(-c2ccc(N(c3ccc(-c4cccc5ccccc45)cc3)c3cccc(-c4ccc5sc6ccccc6c5c4)c3)cc2)cc(-c2cccc3ccccc23)c1. The van der Waals surface area contributed by atoms with Gasteiger partial charge in [0.15, 0.2) is 0 Å². The summed E-state index contributed by atoms with van der Waals surface area (Å²) in [5.74, 6) is 0. The van der Waals surface area contributed by atoms with Gasteiger partial charge in [0, 0.05) is 37.2 Å². The molecular weight excluding hydrogens is 719 g/mol. The third-order valence-electron chi connectivity index (χ3n) is 11.5. The van der Waals surface area contributed by atoms with Crippen molar-refractivity contribution in [1.29, 1.82) is 0 Å². The van der Waals surface area contributed by atoms with Crippen molar-refractivity contribution < 1.29 is 0 Å². The van der Waals surface area contributed by atoms with Crippen LogP contribution in [0.5, 0.6) is 0 Å². The van der Waals surface area contributed by atoms with E-state index in [9.17, 15) is 0 Å². The lowest BCUT2D eigenvalue weighted by atomic mass is 9.95. The van der Waals surface area contributed by atoms with Crippen LogP contribution >= 0.6 is 11.3 Å². The van der Waals surface area contributed by atoms with E-state index in [2.05, 4.69) is 229 Å². The lowest BCUT2D eigenvalue weighted by molar-refractivity contribution is 1.28. The maximum absolute atomic E-state index is 2.38. The standard InChI is InChI=1S/C56H37NS/c1-3-19-49-39(11-1)13-9-22-51(49)41-27-32-47(33-28-41)57(48-18-8-16-43(36-48)44-29-34-56-54(37-44)53-21-5-6-24-55(53)58-56)46-30-25-38(26-31-46)42-15-7-17-45(35-42)52-23-10-14-40-12-2-4-20-50(40)52/h1-37H. The Kier molecular flexibility index (Phi) is 8.42. The molecule has 11 rings (SSSR count). The molecule has 0 saturated heterocycles. The maximum atomic E-state index is 2.38. The smallest absolute Gasteiger partial charge is 0.0467 e. The third kappa shape index (κ3) is 6.12. The molecule has 0 fully saturated rings. The molecule has 0 unspecified atom stereocenters. The van der Waals surface area contributed by atoms with Crippen LogP contribution in [0, 0.1) is 0 Å². The Balaban J connectivity index is 0.994. The summed E-state index contributed by atoms with van der Waals surface area (Å²) in [6.07, 6.45) is 0. The molecule has 0 saturated carbocycles. The summed E-state index contributed by atoms with van der Waals surface area (Å²) in [6.45, 7) is 0. The Bertz CT molecular complexity index is 3270. The number of rotatable bonds is 7. The van der Waals surface area contributed by atoms with Gasteiger partial charge in [-0.05, 0) is 127 Å². The number of hydrogen-bond donors (Lipinski definition) is 0. The van der Waals surface area contributed by atoms with E-state index in [0.29, 0.717) is 0 Å². The van der Waals surface area contributed by atoms with Crippen LogP contribution in [-0.4, -0.2) is 0 Å². The Labute approximate surface area is 342 Å². The van der Waals surface area contributed by atoms with Crippen molar-refractivity contribution in [1.82, 2.24) is 0 Å². The monoisotopic (exact) mass is 755 g/mol.